The van der Waals surface area contributed by atoms with Crippen molar-refractivity contribution >= 4 is 17.9 Å². The zero-order valence-electron chi connectivity index (χ0n) is 11.7. The maximum absolute atomic E-state index is 11.6. The summed E-state index contributed by atoms with van der Waals surface area (Å²) >= 11 is 0. The van der Waals surface area contributed by atoms with E-state index in [2.05, 4.69) is 10.6 Å². The number of hydrogen-bond acceptors (Lipinski definition) is 3. The molecule has 7 heteroatoms. The van der Waals surface area contributed by atoms with Crippen LogP contribution in [0.3, 0.4) is 0 Å². The van der Waals surface area contributed by atoms with Crippen molar-refractivity contribution in [2.75, 3.05) is 26.2 Å². The van der Waals surface area contributed by atoms with Crippen LogP contribution >= 0.6 is 0 Å². The number of hydrogen-bond donors (Lipinski definition) is 3. The van der Waals surface area contributed by atoms with Crippen LogP contribution in [0.4, 0.5) is 4.79 Å². The molecule has 1 unspecified atom stereocenters. The summed E-state index contributed by atoms with van der Waals surface area (Å²) in [6.45, 7) is 6.89. The molecule has 0 saturated carbocycles. The van der Waals surface area contributed by atoms with E-state index in [-0.39, 0.29) is 31.3 Å². The summed E-state index contributed by atoms with van der Waals surface area (Å²) in [4.78, 5) is 35.0. The van der Waals surface area contributed by atoms with Crippen molar-refractivity contribution in [1.29, 1.82) is 0 Å². The summed E-state index contributed by atoms with van der Waals surface area (Å²) in [5.74, 6) is -1.19. The van der Waals surface area contributed by atoms with Crippen LogP contribution in [-0.2, 0) is 9.59 Å². The summed E-state index contributed by atoms with van der Waals surface area (Å²) in [5, 5.41) is 13.5. The van der Waals surface area contributed by atoms with Gasteiger partial charge in [0, 0.05) is 26.1 Å². The molecule has 3 amide bonds. The molecule has 7 nitrogen and oxygen atoms in total. The highest BCUT2D eigenvalue weighted by Gasteiger charge is 2.12. The van der Waals surface area contributed by atoms with Crippen LogP contribution in [0.2, 0.25) is 0 Å². The minimum atomic E-state index is -0.897. The molecule has 0 radical (unpaired) electrons. The van der Waals surface area contributed by atoms with E-state index in [1.807, 2.05) is 13.8 Å². The molecular weight excluding hydrogens is 250 g/mol. The van der Waals surface area contributed by atoms with Crippen LogP contribution in [0, 0.1) is 5.92 Å². The second-order valence-corrected chi connectivity index (χ2v) is 4.33. The van der Waals surface area contributed by atoms with Crippen molar-refractivity contribution < 1.29 is 19.5 Å². The number of nitrogens with zero attached hydrogens (tertiary/aromatic N) is 1. The van der Waals surface area contributed by atoms with Gasteiger partial charge in [0.15, 0.2) is 0 Å². The van der Waals surface area contributed by atoms with Crippen molar-refractivity contribution in [3.05, 3.63) is 0 Å². The summed E-state index contributed by atoms with van der Waals surface area (Å²) < 4.78 is 0. The average Bonchev–Trinajstić information content (AvgIpc) is 2.34. The van der Waals surface area contributed by atoms with E-state index in [0.29, 0.717) is 13.1 Å². The van der Waals surface area contributed by atoms with Gasteiger partial charge in [-0.25, -0.2) is 4.79 Å². The van der Waals surface area contributed by atoms with Crippen LogP contribution in [0.25, 0.3) is 0 Å². The molecule has 3 N–H and O–H groups in total. The second-order valence-electron chi connectivity index (χ2n) is 4.33. The van der Waals surface area contributed by atoms with Gasteiger partial charge in [0.05, 0.1) is 6.54 Å². The van der Waals surface area contributed by atoms with E-state index in [9.17, 15) is 14.4 Å². The monoisotopic (exact) mass is 273 g/mol. The average molecular weight is 273 g/mol. The molecule has 0 aliphatic carbocycles. The zero-order chi connectivity index (χ0) is 14.8. The number of carbonyl (C=O) groups is 3. The van der Waals surface area contributed by atoms with E-state index in [0.717, 1.165) is 0 Å². The van der Waals surface area contributed by atoms with Crippen molar-refractivity contribution in [2.45, 2.75) is 27.2 Å². The van der Waals surface area contributed by atoms with Crippen molar-refractivity contribution in [3.63, 3.8) is 0 Å². The molecule has 0 saturated heterocycles. The van der Waals surface area contributed by atoms with Crippen LogP contribution in [0.5, 0.6) is 0 Å². The SMILES string of the molecule is CCN(CC)C(=O)CNC(=O)NCC(C)CC(=O)O. The molecule has 0 spiro atoms. The second kappa shape index (κ2) is 9.18. The van der Waals surface area contributed by atoms with Gasteiger partial charge < -0.3 is 20.6 Å². The number of urea groups is 1. The lowest BCUT2D eigenvalue weighted by atomic mass is 10.1. The Morgan fingerprint density at radius 1 is 1.16 bits per heavy atom. The van der Waals surface area contributed by atoms with Crippen molar-refractivity contribution in [1.82, 2.24) is 15.5 Å². The number of carbonyl (C=O) groups excluding carboxylic acids is 2. The van der Waals surface area contributed by atoms with Gasteiger partial charge in [-0.1, -0.05) is 6.92 Å². The largest absolute Gasteiger partial charge is 0.481 e. The highest BCUT2D eigenvalue weighted by atomic mass is 16.4. The number of aliphatic carboxylic acids is 1. The fraction of sp³-hybridized carbons (Fsp3) is 0.750. The standard InChI is InChI=1S/C12H23N3O4/c1-4-15(5-2)10(16)8-14-12(19)13-7-9(3)6-11(17)18/h9H,4-8H2,1-3H3,(H,17,18)(H2,13,14,19). The van der Waals surface area contributed by atoms with Gasteiger partial charge in [-0.2, -0.15) is 0 Å². The van der Waals surface area contributed by atoms with E-state index in [1.54, 1.807) is 11.8 Å². The van der Waals surface area contributed by atoms with E-state index >= 15 is 0 Å². The Labute approximate surface area is 113 Å². The molecule has 0 bridgehead atoms. The van der Waals surface area contributed by atoms with E-state index in [4.69, 9.17) is 5.11 Å². The van der Waals surface area contributed by atoms with Crippen LogP contribution in [-0.4, -0.2) is 54.1 Å². The molecule has 0 heterocycles. The summed E-state index contributed by atoms with van der Waals surface area (Å²) in [5.41, 5.74) is 0. The summed E-state index contributed by atoms with van der Waals surface area (Å²) in [7, 11) is 0. The third-order valence-electron chi connectivity index (χ3n) is 2.65. The summed E-state index contributed by atoms with van der Waals surface area (Å²) in [6.07, 6.45) is -0.00133. The van der Waals surface area contributed by atoms with Gasteiger partial charge in [0.1, 0.15) is 0 Å². The van der Waals surface area contributed by atoms with Crippen molar-refractivity contribution in [3.8, 4) is 0 Å². The normalized spacial score (nSPS) is 11.5. The Morgan fingerprint density at radius 3 is 2.21 bits per heavy atom. The van der Waals surface area contributed by atoms with E-state index in [1.165, 1.54) is 0 Å². The fourth-order valence-electron chi connectivity index (χ4n) is 1.54. The molecule has 19 heavy (non-hydrogen) atoms. The van der Waals surface area contributed by atoms with Gasteiger partial charge >= 0.3 is 12.0 Å². The zero-order valence-corrected chi connectivity index (χ0v) is 11.7. The highest BCUT2D eigenvalue weighted by molar-refractivity contribution is 5.83. The predicted molar refractivity (Wildman–Crippen MR) is 70.7 cm³/mol. The lowest BCUT2D eigenvalue weighted by Gasteiger charge is -2.19. The first-order valence-electron chi connectivity index (χ1n) is 6.41. The lowest BCUT2D eigenvalue weighted by molar-refractivity contribution is -0.138. The van der Waals surface area contributed by atoms with Gasteiger partial charge in [-0.15, -0.1) is 0 Å². The Balaban J connectivity index is 3.87. The molecule has 0 aromatic rings. The Kier molecular flexibility index (Phi) is 8.32. The molecule has 1 atom stereocenters. The van der Waals surface area contributed by atoms with Crippen LogP contribution in [0.1, 0.15) is 27.2 Å². The van der Waals surface area contributed by atoms with Crippen molar-refractivity contribution in [2.24, 2.45) is 5.92 Å². The number of carboxylic acids is 1. The number of amides is 3. The lowest BCUT2D eigenvalue weighted by Crippen LogP contribution is -2.44. The first kappa shape index (κ1) is 17.2. The summed E-state index contributed by atoms with van der Waals surface area (Å²) in [6, 6.07) is -0.460. The Bertz CT molecular complexity index is 316. The molecule has 0 aliphatic rings. The fourth-order valence-corrected chi connectivity index (χ4v) is 1.54. The first-order valence-corrected chi connectivity index (χ1v) is 6.41. The smallest absolute Gasteiger partial charge is 0.315 e. The number of rotatable bonds is 8. The molecule has 0 aliphatic heterocycles. The third kappa shape index (κ3) is 8.01. The van der Waals surface area contributed by atoms with Gasteiger partial charge in [-0.3, -0.25) is 9.59 Å². The predicted octanol–water partition coefficient (Wildman–Crippen LogP) is 0.265. The maximum atomic E-state index is 11.6. The molecule has 0 fully saturated rings. The molecule has 110 valence electrons. The van der Waals surface area contributed by atoms with Gasteiger partial charge in [-0.05, 0) is 19.8 Å². The maximum Gasteiger partial charge on any atom is 0.315 e. The topological polar surface area (TPSA) is 98.7 Å². The first-order chi connectivity index (χ1) is 8.90. The Hall–Kier alpha value is -1.79. The number of nitrogens with one attached hydrogen (secondary N) is 2. The highest BCUT2D eigenvalue weighted by Crippen LogP contribution is 1.98. The minimum absolute atomic E-state index is 0.00133. The number of likely N-dealkylation sites (N-methyl/N-ethyl adjacent to an activating group) is 1. The van der Waals surface area contributed by atoms with Crippen LogP contribution < -0.4 is 10.6 Å². The molecular formula is C12H23N3O4. The minimum Gasteiger partial charge on any atom is -0.481 e. The molecule has 0 rings (SSSR count). The number of carboxylic acid groups (broad SMARTS) is 1. The van der Waals surface area contributed by atoms with Gasteiger partial charge in [0.2, 0.25) is 5.91 Å². The quantitative estimate of drug-likeness (QED) is 0.591. The third-order valence-corrected chi connectivity index (χ3v) is 2.65. The van der Waals surface area contributed by atoms with E-state index < -0.39 is 12.0 Å². The molecule has 0 aromatic carbocycles. The Morgan fingerprint density at radius 2 is 1.74 bits per heavy atom. The molecule has 0 aromatic heterocycles. The van der Waals surface area contributed by atoms with Gasteiger partial charge in [0.25, 0.3) is 0 Å². The van der Waals surface area contributed by atoms with Crippen LogP contribution in [0.15, 0.2) is 0 Å².